The summed E-state index contributed by atoms with van der Waals surface area (Å²) in [5.41, 5.74) is 2.10. The van der Waals surface area contributed by atoms with Crippen molar-refractivity contribution >= 4 is 10.8 Å². The Hall–Kier alpha value is -2.59. The molecule has 4 rings (SSSR count). The summed E-state index contributed by atoms with van der Waals surface area (Å²) in [6.45, 7) is 1.45. The van der Waals surface area contributed by atoms with E-state index < -0.39 is 0 Å². The van der Waals surface area contributed by atoms with Crippen molar-refractivity contribution in [1.29, 1.82) is 0 Å². The van der Waals surface area contributed by atoms with Gasteiger partial charge in [0, 0.05) is 25.9 Å². The second kappa shape index (κ2) is 6.73. The number of nitrogens with zero attached hydrogens (tertiary/aromatic N) is 1. The Balaban J connectivity index is 1.61. The van der Waals surface area contributed by atoms with Crippen LogP contribution in [0.25, 0.3) is 21.9 Å². The monoisotopic (exact) mass is 335 g/mol. The number of hydrogen-bond donors (Lipinski definition) is 0. The fraction of sp³-hybridized carbons (Fsp3) is 0.286. The Morgan fingerprint density at radius 1 is 1.08 bits per heavy atom. The lowest BCUT2D eigenvalue weighted by atomic mass is 10.0. The van der Waals surface area contributed by atoms with E-state index in [1.807, 2.05) is 18.3 Å². The third kappa shape index (κ3) is 3.44. The molecule has 25 heavy (non-hydrogen) atoms. The normalized spacial score (nSPS) is 17.1. The molecular formula is C21H21NO3. The average molecular weight is 335 g/mol. The van der Waals surface area contributed by atoms with E-state index in [0.29, 0.717) is 6.61 Å². The number of aromatic nitrogens is 1. The van der Waals surface area contributed by atoms with Crippen LogP contribution in [0.5, 0.6) is 5.75 Å². The lowest BCUT2D eigenvalue weighted by molar-refractivity contribution is 0.0680. The molecule has 0 spiro atoms. The molecule has 1 unspecified atom stereocenters. The lowest BCUT2D eigenvalue weighted by Gasteiger charge is -2.12. The molecular weight excluding hydrogens is 314 g/mol. The molecule has 4 heteroatoms. The first-order chi connectivity index (χ1) is 12.2. The molecule has 1 aromatic heterocycles. The van der Waals surface area contributed by atoms with Crippen LogP contribution < -0.4 is 10.3 Å². The fourth-order valence-electron chi connectivity index (χ4n) is 3.22. The zero-order chi connectivity index (χ0) is 17.2. The van der Waals surface area contributed by atoms with E-state index in [9.17, 15) is 4.79 Å². The number of pyridine rings is 1. The van der Waals surface area contributed by atoms with Crippen molar-refractivity contribution in [2.24, 2.45) is 7.05 Å². The first-order valence-corrected chi connectivity index (χ1v) is 8.64. The number of benzene rings is 2. The van der Waals surface area contributed by atoms with Crippen LogP contribution in [0.15, 0.2) is 59.5 Å². The third-order valence-electron chi connectivity index (χ3n) is 4.69. The van der Waals surface area contributed by atoms with Crippen LogP contribution in [0.3, 0.4) is 0 Å². The first kappa shape index (κ1) is 15.9. The van der Waals surface area contributed by atoms with Crippen molar-refractivity contribution in [1.82, 2.24) is 4.57 Å². The Labute approximate surface area is 146 Å². The van der Waals surface area contributed by atoms with E-state index in [1.54, 1.807) is 17.7 Å². The Morgan fingerprint density at radius 3 is 2.72 bits per heavy atom. The van der Waals surface area contributed by atoms with Crippen molar-refractivity contribution in [3.8, 4) is 16.9 Å². The van der Waals surface area contributed by atoms with Crippen LogP contribution >= 0.6 is 0 Å². The van der Waals surface area contributed by atoms with Gasteiger partial charge in [0.05, 0.1) is 6.10 Å². The van der Waals surface area contributed by atoms with Gasteiger partial charge in [-0.25, -0.2) is 0 Å². The summed E-state index contributed by atoms with van der Waals surface area (Å²) >= 11 is 0. The van der Waals surface area contributed by atoms with Gasteiger partial charge >= 0.3 is 0 Å². The Bertz CT molecular complexity index is 955. The van der Waals surface area contributed by atoms with Gasteiger partial charge in [0.1, 0.15) is 12.4 Å². The van der Waals surface area contributed by atoms with Crippen LogP contribution in [-0.4, -0.2) is 23.9 Å². The minimum atomic E-state index is -0.00522. The summed E-state index contributed by atoms with van der Waals surface area (Å²) in [7, 11) is 1.77. The first-order valence-electron chi connectivity index (χ1n) is 8.64. The number of ether oxygens (including phenoxy) is 2. The summed E-state index contributed by atoms with van der Waals surface area (Å²) in [5.74, 6) is 0.862. The van der Waals surface area contributed by atoms with Gasteiger partial charge in [-0.2, -0.15) is 0 Å². The van der Waals surface area contributed by atoms with Crippen LogP contribution in [0.1, 0.15) is 12.8 Å². The predicted octanol–water partition coefficient (Wildman–Crippen LogP) is 3.76. The molecule has 1 atom stereocenters. The molecule has 0 aliphatic carbocycles. The predicted molar refractivity (Wildman–Crippen MR) is 99.1 cm³/mol. The highest BCUT2D eigenvalue weighted by atomic mass is 16.5. The molecule has 2 aromatic carbocycles. The van der Waals surface area contributed by atoms with E-state index in [0.717, 1.165) is 47.1 Å². The van der Waals surface area contributed by atoms with Crippen LogP contribution in [0, 0.1) is 0 Å². The Kier molecular flexibility index (Phi) is 4.28. The van der Waals surface area contributed by atoms with Gasteiger partial charge in [-0.15, -0.1) is 0 Å². The largest absolute Gasteiger partial charge is 0.491 e. The molecule has 1 aliphatic rings. The number of hydrogen-bond acceptors (Lipinski definition) is 3. The fourth-order valence-corrected chi connectivity index (χ4v) is 3.22. The highest BCUT2D eigenvalue weighted by Crippen LogP contribution is 2.27. The van der Waals surface area contributed by atoms with E-state index in [4.69, 9.17) is 9.47 Å². The zero-order valence-corrected chi connectivity index (χ0v) is 14.3. The van der Waals surface area contributed by atoms with Gasteiger partial charge in [-0.1, -0.05) is 18.2 Å². The molecule has 0 amide bonds. The minimum absolute atomic E-state index is 0.00522. The van der Waals surface area contributed by atoms with Crippen LogP contribution in [-0.2, 0) is 11.8 Å². The van der Waals surface area contributed by atoms with Crippen molar-refractivity contribution in [2.75, 3.05) is 13.2 Å². The SMILES string of the molecule is Cn1cc(-c2ccc3ccc(OCC4CCCO4)cc3c2)ccc1=O. The number of aryl methyl sites for hydroxylation is 1. The van der Waals surface area contributed by atoms with Gasteiger partial charge < -0.3 is 14.0 Å². The van der Waals surface area contributed by atoms with E-state index in [-0.39, 0.29) is 11.7 Å². The van der Waals surface area contributed by atoms with Crippen molar-refractivity contribution < 1.29 is 9.47 Å². The lowest BCUT2D eigenvalue weighted by Crippen LogP contribution is -2.16. The summed E-state index contributed by atoms with van der Waals surface area (Å²) in [4.78, 5) is 11.6. The van der Waals surface area contributed by atoms with Gasteiger partial charge in [-0.05, 0) is 59.0 Å². The van der Waals surface area contributed by atoms with Crippen molar-refractivity contribution in [2.45, 2.75) is 18.9 Å². The molecule has 0 N–H and O–H groups in total. The van der Waals surface area contributed by atoms with Gasteiger partial charge in [0.25, 0.3) is 0 Å². The summed E-state index contributed by atoms with van der Waals surface area (Å²) < 4.78 is 13.1. The molecule has 0 bridgehead atoms. The molecule has 4 nitrogen and oxygen atoms in total. The van der Waals surface area contributed by atoms with Gasteiger partial charge in [-0.3, -0.25) is 4.79 Å². The molecule has 3 aromatic rings. The second-order valence-electron chi connectivity index (χ2n) is 6.54. The molecule has 1 fully saturated rings. The average Bonchev–Trinajstić information content (AvgIpc) is 3.15. The molecule has 2 heterocycles. The van der Waals surface area contributed by atoms with Crippen LogP contribution in [0.2, 0.25) is 0 Å². The maximum Gasteiger partial charge on any atom is 0.250 e. The quantitative estimate of drug-likeness (QED) is 0.729. The summed E-state index contributed by atoms with van der Waals surface area (Å²) in [6.07, 6.45) is 4.27. The molecule has 0 saturated carbocycles. The van der Waals surface area contributed by atoms with Crippen molar-refractivity contribution in [3.63, 3.8) is 0 Å². The third-order valence-corrected chi connectivity index (χ3v) is 4.69. The maximum atomic E-state index is 11.6. The highest BCUT2D eigenvalue weighted by molar-refractivity contribution is 5.88. The topological polar surface area (TPSA) is 40.5 Å². The highest BCUT2D eigenvalue weighted by Gasteiger charge is 2.16. The standard InChI is InChI=1S/C21H21NO3/c1-22-13-17(7-9-21(22)23)16-5-4-15-6-8-19(12-18(15)11-16)25-14-20-3-2-10-24-20/h4-9,11-13,20H,2-3,10,14H2,1H3. The van der Waals surface area contributed by atoms with Gasteiger partial charge in [0.2, 0.25) is 5.56 Å². The van der Waals surface area contributed by atoms with Crippen LogP contribution in [0.4, 0.5) is 0 Å². The smallest absolute Gasteiger partial charge is 0.250 e. The van der Waals surface area contributed by atoms with E-state index in [1.165, 1.54) is 0 Å². The van der Waals surface area contributed by atoms with Crippen molar-refractivity contribution in [3.05, 3.63) is 65.1 Å². The molecule has 128 valence electrons. The zero-order valence-electron chi connectivity index (χ0n) is 14.3. The molecule has 1 aliphatic heterocycles. The maximum absolute atomic E-state index is 11.6. The summed E-state index contributed by atoms with van der Waals surface area (Å²) in [5, 5.41) is 2.29. The van der Waals surface area contributed by atoms with E-state index in [2.05, 4.69) is 30.3 Å². The summed E-state index contributed by atoms with van der Waals surface area (Å²) in [6, 6.07) is 15.9. The number of fused-ring (bicyclic) bond motifs is 1. The van der Waals surface area contributed by atoms with E-state index >= 15 is 0 Å². The van der Waals surface area contributed by atoms with Gasteiger partial charge in [0.15, 0.2) is 0 Å². The molecule has 0 radical (unpaired) electrons. The molecule has 1 saturated heterocycles. The second-order valence-corrected chi connectivity index (χ2v) is 6.54. The number of rotatable bonds is 4. The Morgan fingerprint density at radius 2 is 1.92 bits per heavy atom. The minimum Gasteiger partial charge on any atom is -0.491 e.